The molecular weight excluding hydrogens is 325 g/mol. The lowest BCUT2D eigenvalue weighted by atomic mass is 9.93. The molecule has 6 nitrogen and oxygen atoms in total. The topological polar surface area (TPSA) is 65.8 Å². The van der Waals surface area contributed by atoms with Gasteiger partial charge in [-0.3, -0.25) is 19.3 Å². The maximum atomic E-state index is 14.4. The van der Waals surface area contributed by atoms with Crippen molar-refractivity contribution >= 4 is 5.91 Å². The summed E-state index contributed by atoms with van der Waals surface area (Å²) in [7, 11) is 1.64. The number of hydrogen-bond donors (Lipinski definition) is 1. The molecule has 4 rings (SSSR count). The van der Waals surface area contributed by atoms with Crippen LogP contribution in [0.1, 0.15) is 41.4 Å². The fourth-order valence-electron chi connectivity index (χ4n) is 3.89. The van der Waals surface area contributed by atoms with Crippen molar-refractivity contribution in [3.05, 3.63) is 63.8 Å². The highest BCUT2D eigenvalue weighted by Crippen LogP contribution is 2.38. The van der Waals surface area contributed by atoms with E-state index in [2.05, 4.69) is 0 Å². The zero-order chi connectivity index (χ0) is 17.7. The number of hydrogen-bond acceptors (Lipinski definition) is 4. The van der Waals surface area contributed by atoms with Crippen molar-refractivity contribution < 1.29 is 14.3 Å². The van der Waals surface area contributed by atoms with Crippen molar-refractivity contribution in [1.82, 2.24) is 9.58 Å². The Labute approximate surface area is 143 Å². The standard InChI is InChI=1S/C18H18FN3O3/c1-20-15-8-4-7-13(11-5-2-3-6-12(11)19)22(15)21-10-9-14(23)17(24)16(21)18(20)25/h2-3,5-6,9-10,13,15,24H,4,7-8H2,1H3. The molecule has 0 spiro atoms. The molecule has 1 N–H and O–H groups in total. The van der Waals surface area contributed by atoms with Gasteiger partial charge in [0, 0.05) is 24.9 Å². The van der Waals surface area contributed by atoms with Crippen molar-refractivity contribution in [3.63, 3.8) is 0 Å². The number of amides is 1. The van der Waals surface area contributed by atoms with Crippen LogP contribution in [-0.4, -0.2) is 33.8 Å². The molecule has 7 heteroatoms. The van der Waals surface area contributed by atoms with E-state index in [1.54, 1.807) is 25.2 Å². The van der Waals surface area contributed by atoms with Gasteiger partial charge in [0.05, 0.1) is 6.04 Å². The number of nitrogens with zero attached hydrogens (tertiary/aromatic N) is 3. The van der Waals surface area contributed by atoms with Gasteiger partial charge in [0.15, 0.2) is 11.4 Å². The number of aromatic nitrogens is 1. The fraction of sp³-hybridized carbons (Fsp3) is 0.333. The van der Waals surface area contributed by atoms with Gasteiger partial charge in [-0.1, -0.05) is 18.2 Å². The summed E-state index contributed by atoms with van der Waals surface area (Å²) in [5.74, 6) is -1.29. The Bertz CT molecular complexity index is 911. The van der Waals surface area contributed by atoms with Crippen LogP contribution >= 0.6 is 0 Å². The van der Waals surface area contributed by atoms with Gasteiger partial charge in [-0.15, -0.1) is 0 Å². The number of carbonyl (C=O) groups excluding carboxylic acids is 1. The summed E-state index contributed by atoms with van der Waals surface area (Å²) in [6.45, 7) is 0. The molecule has 2 atom stereocenters. The molecule has 0 saturated carbocycles. The van der Waals surface area contributed by atoms with Crippen LogP contribution in [0.2, 0.25) is 0 Å². The van der Waals surface area contributed by atoms with E-state index in [-0.39, 0.29) is 23.7 Å². The Morgan fingerprint density at radius 3 is 2.68 bits per heavy atom. The number of benzene rings is 1. The molecule has 1 aromatic heterocycles. The fourth-order valence-corrected chi connectivity index (χ4v) is 3.89. The monoisotopic (exact) mass is 343 g/mol. The summed E-state index contributed by atoms with van der Waals surface area (Å²) in [5, 5.41) is 12.0. The average Bonchev–Trinajstić information content (AvgIpc) is 2.62. The largest absolute Gasteiger partial charge is 0.502 e. The lowest BCUT2D eigenvalue weighted by Gasteiger charge is -2.51. The molecule has 130 valence electrons. The number of fused-ring (bicyclic) bond motifs is 3. The van der Waals surface area contributed by atoms with Gasteiger partial charge in [0.2, 0.25) is 5.43 Å². The minimum Gasteiger partial charge on any atom is -0.502 e. The van der Waals surface area contributed by atoms with E-state index in [9.17, 15) is 19.1 Å². The minimum absolute atomic E-state index is 0.0745. The number of carbonyl (C=O) groups is 1. The van der Waals surface area contributed by atoms with Crippen LogP contribution < -0.4 is 10.4 Å². The lowest BCUT2D eigenvalue weighted by molar-refractivity contribution is 0.0551. The molecule has 1 amide bonds. The number of rotatable bonds is 1. The summed E-state index contributed by atoms with van der Waals surface area (Å²) in [5.41, 5.74) is -0.139. The van der Waals surface area contributed by atoms with Gasteiger partial charge < -0.3 is 10.0 Å². The van der Waals surface area contributed by atoms with Crippen molar-refractivity contribution in [2.75, 3.05) is 12.1 Å². The van der Waals surface area contributed by atoms with Crippen LogP contribution in [0, 0.1) is 5.82 Å². The van der Waals surface area contributed by atoms with Gasteiger partial charge in [-0.2, -0.15) is 0 Å². The second-order valence-corrected chi connectivity index (χ2v) is 6.47. The van der Waals surface area contributed by atoms with E-state index in [0.717, 1.165) is 12.8 Å². The quantitative estimate of drug-likeness (QED) is 0.860. The summed E-state index contributed by atoms with van der Waals surface area (Å²) < 4.78 is 15.9. The number of aromatic hydroxyl groups is 1. The molecule has 2 unspecified atom stereocenters. The first-order valence-corrected chi connectivity index (χ1v) is 8.25. The maximum Gasteiger partial charge on any atom is 0.277 e. The maximum absolute atomic E-state index is 14.4. The summed E-state index contributed by atoms with van der Waals surface area (Å²) in [6, 6.07) is 7.51. The molecule has 0 aliphatic carbocycles. The van der Waals surface area contributed by atoms with E-state index >= 15 is 0 Å². The highest BCUT2D eigenvalue weighted by molar-refractivity contribution is 5.96. The van der Waals surface area contributed by atoms with Crippen LogP contribution in [0.15, 0.2) is 41.3 Å². The van der Waals surface area contributed by atoms with E-state index in [0.29, 0.717) is 12.0 Å². The Morgan fingerprint density at radius 1 is 1.16 bits per heavy atom. The van der Waals surface area contributed by atoms with Crippen LogP contribution in [0.3, 0.4) is 0 Å². The number of halogens is 1. The second kappa shape index (κ2) is 5.61. The second-order valence-electron chi connectivity index (χ2n) is 6.47. The normalized spacial score (nSPS) is 22.6. The predicted molar refractivity (Wildman–Crippen MR) is 89.5 cm³/mol. The van der Waals surface area contributed by atoms with Crippen LogP contribution in [0.4, 0.5) is 4.39 Å². The zero-order valence-electron chi connectivity index (χ0n) is 13.7. The first-order chi connectivity index (χ1) is 12.0. The first-order valence-electron chi connectivity index (χ1n) is 8.25. The third-order valence-electron chi connectivity index (χ3n) is 5.10. The number of piperidine rings is 1. The Balaban J connectivity index is 1.93. The van der Waals surface area contributed by atoms with Gasteiger partial charge in [0.1, 0.15) is 12.0 Å². The van der Waals surface area contributed by atoms with Crippen LogP contribution in [0.5, 0.6) is 5.75 Å². The summed E-state index contributed by atoms with van der Waals surface area (Å²) in [4.78, 5) is 26.0. The van der Waals surface area contributed by atoms with Gasteiger partial charge in [-0.05, 0) is 25.3 Å². The molecule has 2 aromatic rings. The van der Waals surface area contributed by atoms with Gasteiger partial charge >= 0.3 is 0 Å². The van der Waals surface area contributed by atoms with Crippen LogP contribution in [0.25, 0.3) is 0 Å². The molecule has 0 bridgehead atoms. The molecule has 0 radical (unpaired) electrons. The first kappa shape index (κ1) is 15.7. The molecule has 3 heterocycles. The molecule has 1 aromatic carbocycles. The third-order valence-corrected chi connectivity index (χ3v) is 5.10. The van der Waals surface area contributed by atoms with Crippen molar-refractivity contribution in [2.45, 2.75) is 31.5 Å². The molecule has 1 saturated heterocycles. The molecule has 2 aliphatic rings. The smallest absolute Gasteiger partial charge is 0.277 e. The van der Waals surface area contributed by atoms with E-state index in [1.165, 1.54) is 27.9 Å². The summed E-state index contributed by atoms with van der Waals surface area (Å²) >= 11 is 0. The molecule has 1 fully saturated rings. The summed E-state index contributed by atoms with van der Waals surface area (Å²) in [6.07, 6.45) is 3.51. The number of pyridine rings is 1. The Morgan fingerprint density at radius 2 is 1.92 bits per heavy atom. The third kappa shape index (κ3) is 2.22. The average molecular weight is 343 g/mol. The Hall–Kier alpha value is -2.83. The Kier molecular flexibility index (Phi) is 3.52. The molecular formula is C18H18FN3O3. The molecule has 2 aliphatic heterocycles. The van der Waals surface area contributed by atoms with Gasteiger partial charge in [0.25, 0.3) is 5.91 Å². The predicted octanol–water partition coefficient (Wildman–Crippen LogP) is 1.97. The highest BCUT2D eigenvalue weighted by atomic mass is 19.1. The van der Waals surface area contributed by atoms with E-state index in [1.807, 2.05) is 5.01 Å². The van der Waals surface area contributed by atoms with Crippen LogP contribution in [-0.2, 0) is 0 Å². The zero-order valence-corrected chi connectivity index (χ0v) is 13.7. The van der Waals surface area contributed by atoms with Gasteiger partial charge in [-0.25, -0.2) is 4.39 Å². The van der Waals surface area contributed by atoms with Crippen molar-refractivity contribution in [2.24, 2.45) is 0 Å². The van der Waals surface area contributed by atoms with E-state index in [4.69, 9.17) is 0 Å². The van der Waals surface area contributed by atoms with E-state index < -0.39 is 17.1 Å². The SMILES string of the molecule is CN1C(=O)c2c(O)c(=O)ccn2N2C(c3ccccc3F)CCCC12. The lowest BCUT2D eigenvalue weighted by Crippen LogP contribution is -2.62. The highest BCUT2D eigenvalue weighted by Gasteiger charge is 2.43. The van der Waals surface area contributed by atoms with Crippen molar-refractivity contribution in [1.29, 1.82) is 0 Å². The molecule has 25 heavy (non-hydrogen) atoms. The van der Waals surface area contributed by atoms with Crippen molar-refractivity contribution in [3.8, 4) is 5.75 Å². The minimum atomic E-state index is -0.606.